The van der Waals surface area contributed by atoms with E-state index in [1.54, 1.807) is 14.2 Å². The van der Waals surface area contributed by atoms with Crippen LogP contribution in [-0.2, 0) is 0 Å². The van der Waals surface area contributed by atoms with Gasteiger partial charge in [-0.1, -0.05) is 12.1 Å². The van der Waals surface area contributed by atoms with Gasteiger partial charge in [0.15, 0.2) is 0 Å². The van der Waals surface area contributed by atoms with Crippen LogP contribution in [0.25, 0.3) is 10.9 Å². The first-order valence-corrected chi connectivity index (χ1v) is 7.85. The maximum absolute atomic E-state index is 9.08. The molecule has 0 spiro atoms. The number of nitrogens with zero attached hydrogens (tertiary/aromatic N) is 2. The van der Waals surface area contributed by atoms with Crippen LogP contribution in [0.3, 0.4) is 0 Å². The van der Waals surface area contributed by atoms with Crippen LogP contribution in [0.1, 0.15) is 0 Å². The van der Waals surface area contributed by atoms with Gasteiger partial charge >= 0.3 is 0 Å². The minimum absolute atomic E-state index is 0.0186. The molecule has 0 saturated carbocycles. The van der Waals surface area contributed by atoms with Crippen LogP contribution >= 0.6 is 0 Å². The zero-order valence-electron chi connectivity index (χ0n) is 14.1. The highest BCUT2D eigenvalue weighted by Crippen LogP contribution is 2.31. The summed E-state index contributed by atoms with van der Waals surface area (Å²) in [5, 5.41) is 16.3. The Bertz CT molecular complexity index is 870. The van der Waals surface area contributed by atoms with Crippen molar-refractivity contribution in [2.45, 2.75) is 0 Å². The monoisotopic (exact) mass is 340 g/mol. The number of para-hydroxylation sites is 1. The number of rotatable bonds is 7. The predicted octanol–water partition coefficient (Wildman–Crippen LogP) is 2.79. The number of ether oxygens (including phenoxy) is 2. The predicted molar refractivity (Wildman–Crippen MR) is 97.9 cm³/mol. The van der Waals surface area contributed by atoms with Crippen molar-refractivity contribution in [2.75, 3.05) is 38.0 Å². The second-order valence-electron chi connectivity index (χ2n) is 5.25. The smallest absolute Gasteiger partial charge is 0.229 e. The summed E-state index contributed by atoms with van der Waals surface area (Å²) in [5.74, 6) is 2.43. The highest BCUT2D eigenvalue weighted by atomic mass is 16.5. The molecule has 3 aromatic rings. The summed E-state index contributed by atoms with van der Waals surface area (Å²) >= 11 is 0. The Labute approximate surface area is 145 Å². The molecule has 0 aliphatic carbocycles. The van der Waals surface area contributed by atoms with Crippen LogP contribution in [0.4, 0.5) is 17.5 Å². The van der Waals surface area contributed by atoms with Gasteiger partial charge in [-0.25, -0.2) is 4.98 Å². The first-order chi connectivity index (χ1) is 12.2. The van der Waals surface area contributed by atoms with E-state index in [2.05, 4.69) is 20.6 Å². The number of benzene rings is 2. The Balaban J connectivity index is 2.01. The van der Waals surface area contributed by atoms with E-state index in [1.807, 2.05) is 42.5 Å². The van der Waals surface area contributed by atoms with Crippen LogP contribution in [0.5, 0.6) is 11.5 Å². The number of methoxy groups -OCH3 is 2. The van der Waals surface area contributed by atoms with Crippen molar-refractivity contribution in [3.05, 3.63) is 42.5 Å². The summed E-state index contributed by atoms with van der Waals surface area (Å²) in [6.45, 7) is 0.424. The standard InChI is InChI=1S/C18H20N4O3/c1-24-12-7-8-16(25-2)15(11-12)21-18-20-14-6-4-3-5-13(14)17(22-18)19-9-10-23/h3-8,11,23H,9-10H2,1-2H3,(H2,19,20,21,22). The SMILES string of the molecule is COc1ccc(OC)c(Nc2nc(NCCO)c3ccccc3n2)c1. The lowest BCUT2D eigenvalue weighted by atomic mass is 10.2. The Kier molecular flexibility index (Phi) is 5.15. The summed E-state index contributed by atoms with van der Waals surface area (Å²) in [7, 11) is 3.21. The van der Waals surface area contributed by atoms with E-state index in [1.165, 1.54) is 0 Å². The Hall–Kier alpha value is -3.06. The molecule has 0 radical (unpaired) electrons. The van der Waals surface area contributed by atoms with E-state index in [4.69, 9.17) is 14.6 Å². The minimum atomic E-state index is 0.0186. The number of fused-ring (bicyclic) bond motifs is 1. The van der Waals surface area contributed by atoms with E-state index in [0.29, 0.717) is 35.5 Å². The molecule has 0 aliphatic heterocycles. The molecule has 1 aromatic heterocycles. The fraction of sp³-hybridized carbons (Fsp3) is 0.222. The molecule has 1 heterocycles. The van der Waals surface area contributed by atoms with Crippen molar-refractivity contribution in [1.29, 1.82) is 0 Å². The maximum Gasteiger partial charge on any atom is 0.229 e. The molecule has 25 heavy (non-hydrogen) atoms. The van der Waals surface area contributed by atoms with Crippen molar-refractivity contribution in [3.63, 3.8) is 0 Å². The van der Waals surface area contributed by atoms with Gasteiger partial charge in [0, 0.05) is 18.0 Å². The molecule has 7 heteroatoms. The molecule has 2 aromatic carbocycles. The fourth-order valence-corrected chi connectivity index (χ4v) is 2.47. The number of nitrogens with one attached hydrogen (secondary N) is 2. The Morgan fingerprint density at radius 1 is 1.04 bits per heavy atom. The Morgan fingerprint density at radius 2 is 1.88 bits per heavy atom. The van der Waals surface area contributed by atoms with Crippen molar-refractivity contribution in [3.8, 4) is 11.5 Å². The average molecular weight is 340 g/mol. The number of aliphatic hydroxyl groups is 1. The topological polar surface area (TPSA) is 88.5 Å². The van der Waals surface area contributed by atoms with Gasteiger partial charge in [0.1, 0.15) is 17.3 Å². The van der Waals surface area contributed by atoms with Gasteiger partial charge in [0.05, 0.1) is 32.0 Å². The zero-order valence-corrected chi connectivity index (χ0v) is 14.1. The van der Waals surface area contributed by atoms with Crippen LogP contribution in [0.2, 0.25) is 0 Å². The van der Waals surface area contributed by atoms with Crippen molar-refractivity contribution in [1.82, 2.24) is 9.97 Å². The van der Waals surface area contributed by atoms with Gasteiger partial charge in [-0.15, -0.1) is 0 Å². The summed E-state index contributed by atoms with van der Waals surface area (Å²) < 4.78 is 10.6. The van der Waals surface area contributed by atoms with E-state index in [-0.39, 0.29) is 6.61 Å². The molecule has 0 fully saturated rings. The highest BCUT2D eigenvalue weighted by Gasteiger charge is 2.10. The van der Waals surface area contributed by atoms with Gasteiger partial charge in [-0.3, -0.25) is 0 Å². The molecule has 7 nitrogen and oxygen atoms in total. The lowest BCUT2D eigenvalue weighted by Crippen LogP contribution is -2.09. The molecule has 3 N–H and O–H groups in total. The van der Waals surface area contributed by atoms with E-state index < -0.39 is 0 Å². The third-order valence-electron chi connectivity index (χ3n) is 3.66. The zero-order chi connectivity index (χ0) is 17.6. The summed E-state index contributed by atoms with van der Waals surface area (Å²) in [5.41, 5.74) is 1.49. The van der Waals surface area contributed by atoms with E-state index in [9.17, 15) is 0 Å². The van der Waals surface area contributed by atoms with Gasteiger partial charge in [-0.2, -0.15) is 4.98 Å². The van der Waals surface area contributed by atoms with Gasteiger partial charge < -0.3 is 25.2 Å². The molecule has 0 atom stereocenters. The first kappa shape index (κ1) is 16.8. The largest absolute Gasteiger partial charge is 0.497 e. The fourth-order valence-electron chi connectivity index (χ4n) is 2.47. The molecule has 0 saturated heterocycles. The summed E-state index contributed by atoms with van der Waals surface area (Å²) in [6, 6.07) is 13.1. The lowest BCUT2D eigenvalue weighted by molar-refractivity contribution is 0.311. The number of aliphatic hydroxyl groups excluding tert-OH is 1. The van der Waals surface area contributed by atoms with Gasteiger partial charge in [0.25, 0.3) is 0 Å². The summed E-state index contributed by atoms with van der Waals surface area (Å²) in [6.07, 6.45) is 0. The highest BCUT2D eigenvalue weighted by molar-refractivity contribution is 5.90. The van der Waals surface area contributed by atoms with Crippen LogP contribution in [0.15, 0.2) is 42.5 Å². The van der Waals surface area contributed by atoms with Crippen molar-refractivity contribution >= 4 is 28.4 Å². The molecule has 0 aliphatic rings. The number of hydrogen-bond donors (Lipinski definition) is 3. The number of anilines is 3. The van der Waals surface area contributed by atoms with E-state index in [0.717, 1.165) is 10.9 Å². The lowest BCUT2D eigenvalue weighted by Gasteiger charge is -2.14. The molecule has 0 bridgehead atoms. The third-order valence-corrected chi connectivity index (χ3v) is 3.66. The van der Waals surface area contributed by atoms with Gasteiger partial charge in [-0.05, 0) is 24.3 Å². The molecular formula is C18H20N4O3. The van der Waals surface area contributed by atoms with Crippen LogP contribution < -0.4 is 20.1 Å². The molecular weight excluding hydrogens is 320 g/mol. The quantitative estimate of drug-likeness (QED) is 0.609. The summed E-state index contributed by atoms with van der Waals surface area (Å²) in [4.78, 5) is 9.07. The first-order valence-electron chi connectivity index (χ1n) is 7.85. The molecule has 0 unspecified atom stereocenters. The third kappa shape index (κ3) is 3.72. The van der Waals surface area contributed by atoms with E-state index >= 15 is 0 Å². The van der Waals surface area contributed by atoms with Gasteiger partial charge in [0.2, 0.25) is 5.95 Å². The maximum atomic E-state index is 9.08. The molecule has 3 rings (SSSR count). The normalized spacial score (nSPS) is 10.5. The number of hydrogen-bond acceptors (Lipinski definition) is 7. The van der Waals surface area contributed by atoms with Crippen molar-refractivity contribution in [2.24, 2.45) is 0 Å². The second kappa shape index (κ2) is 7.67. The minimum Gasteiger partial charge on any atom is -0.497 e. The van der Waals surface area contributed by atoms with Crippen LogP contribution in [-0.4, -0.2) is 42.4 Å². The number of aromatic nitrogens is 2. The average Bonchev–Trinajstić information content (AvgIpc) is 2.66. The molecule has 130 valence electrons. The van der Waals surface area contributed by atoms with Crippen LogP contribution in [0, 0.1) is 0 Å². The van der Waals surface area contributed by atoms with Crippen molar-refractivity contribution < 1.29 is 14.6 Å². The second-order valence-corrected chi connectivity index (χ2v) is 5.25. The molecule has 0 amide bonds. The Morgan fingerprint density at radius 3 is 2.64 bits per heavy atom.